The fraction of sp³-hybridized carbons (Fsp3) is 0.750. The molecule has 0 saturated carbocycles. The molecule has 0 aliphatic rings. The van der Waals surface area contributed by atoms with Gasteiger partial charge in [0.25, 0.3) is 10.1 Å². The van der Waals surface area contributed by atoms with Gasteiger partial charge in [0.15, 0.2) is 0 Å². The summed E-state index contributed by atoms with van der Waals surface area (Å²) in [6.07, 6.45) is 0.982. The zero-order valence-electron chi connectivity index (χ0n) is 5.16. The van der Waals surface area contributed by atoms with Gasteiger partial charge in [-0.2, -0.15) is 8.42 Å². The van der Waals surface area contributed by atoms with Gasteiger partial charge in [-0.15, -0.1) is 0 Å². The summed E-state index contributed by atoms with van der Waals surface area (Å²) in [5.41, 5.74) is 0. The number of ether oxygens (including phenoxy) is 1. The van der Waals surface area contributed by atoms with Crippen molar-refractivity contribution in [2.24, 2.45) is 0 Å². The van der Waals surface area contributed by atoms with E-state index in [9.17, 15) is 8.42 Å². The van der Waals surface area contributed by atoms with Crippen molar-refractivity contribution in [3.8, 4) is 0 Å². The largest absolute Gasteiger partial charge is 0.377 e. The minimum Gasteiger partial charge on any atom is -0.377 e. The summed E-state index contributed by atoms with van der Waals surface area (Å²) in [6, 6.07) is 0. The van der Waals surface area contributed by atoms with Crippen molar-refractivity contribution in [3.05, 3.63) is 7.11 Å². The van der Waals surface area contributed by atoms with E-state index >= 15 is 0 Å². The molecule has 55 valence electrons. The molecule has 0 aliphatic carbocycles. The van der Waals surface area contributed by atoms with Gasteiger partial charge in [-0.25, -0.2) is 0 Å². The van der Waals surface area contributed by atoms with E-state index in [2.05, 4.69) is 16.0 Å². The van der Waals surface area contributed by atoms with Crippen LogP contribution in [0.3, 0.4) is 0 Å². The molecular formula is C4H9O4S. The summed E-state index contributed by atoms with van der Waals surface area (Å²) in [7, 11) is -0.274. The number of hydrogen-bond acceptors (Lipinski definition) is 4. The molecule has 0 N–H and O–H groups in total. The molecule has 0 spiro atoms. The third-order valence-electron chi connectivity index (χ3n) is 0.525. The van der Waals surface area contributed by atoms with Crippen molar-refractivity contribution >= 4 is 10.1 Å². The van der Waals surface area contributed by atoms with Crippen LogP contribution in [0.4, 0.5) is 0 Å². The highest BCUT2D eigenvalue weighted by Crippen LogP contribution is 1.84. The van der Waals surface area contributed by atoms with Gasteiger partial charge in [0.05, 0.1) is 26.6 Å². The minimum atomic E-state index is -3.30. The lowest BCUT2D eigenvalue weighted by atomic mass is 10.8. The standard InChI is InChI=1S/C4H9O4S/c1-7-3-4-8-9(2,5)6/h1,3-4H2,2H3. The number of hydrogen-bond donors (Lipinski definition) is 0. The van der Waals surface area contributed by atoms with E-state index in [1.165, 1.54) is 0 Å². The molecule has 0 atom stereocenters. The lowest BCUT2D eigenvalue weighted by Gasteiger charge is -1.97. The van der Waals surface area contributed by atoms with Crippen LogP contribution in [0.25, 0.3) is 0 Å². The van der Waals surface area contributed by atoms with Gasteiger partial charge in [0.1, 0.15) is 0 Å². The van der Waals surface area contributed by atoms with Crippen LogP contribution in [0.15, 0.2) is 0 Å². The van der Waals surface area contributed by atoms with E-state index in [1.807, 2.05) is 0 Å². The van der Waals surface area contributed by atoms with Gasteiger partial charge >= 0.3 is 0 Å². The first kappa shape index (κ1) is 8.87. The molecule has 1 radical (unpaired) electrons. The van der Waals surface area contributed by atoms with E-state index < -0.39 is 10.1 Å². The van der Waals surface area contributed by atoms with Gasteiger partial charge in [0.2, 0.25) is 0 Å². The summed E-state index contributed by atoms with van der Waals surface area (Å²) < 4.78 is 29.0. The Labute approximate surface area is 54.9 Å². The van der Waals surface area contributed by atoms with E-state index in [0.29, 0.717) is 0 Å². The lowest BCUT2D eigenvalue weighted by Crippen LogP contribution is -2.07. The van der Waals surface area contributed by atoms with Crippen LogP contribution in [0, 0.1) is 7.11 Å². The number of rotatable bonds is 4. The van der Waals surface area contributed by atoms with Gasteiger partial charge < -0.3 is 4.74 Å². The van der Waals surface area contributed by atoms with Crippen LogP contribution < -0.4 is 0 Å². The molecule has 0 aromatic carbocycles. The van der Waals surface area contributed by atoms with E-state index in [1.54, 1.807) is 0 Å². The fourth-order valence-electron chi connectivity index (χ4n) is 0.244. The second kappa shape index (κ2) is 3.81. The zero-order valence-corrected chi connectivity index (χ0v) is 5.98. The van der Waals surface area contributed by atoms with Crippen LogP contribution in [0.5, 0.6) is 0 Å². The van der Waals surface area contributed by atoms with E-state index in [4.69, 9.17) is 0 Å². The van der Waals surface area contributed by atoms with Crippen molar-refractivity contribution in [2.45, 2.75) is 0 Å². The van der Waals surface area contributed by atoms with Crippen molar-refractivity contribution in [1.29, 1.82) is 0 Å². The zero-order chi connectivity index (χ0) is 7.33. The molecule has 0 amide bonds. The van der Waals surface area contributed by atoms with E-state index in [-0.39, 0.29) is 13.2 Å². The minimum absolute atomic E-state index is 0.0301. The van der Waals surface area contributed by atoms with E-state index in [0.717, 1.165) is 6.26 Å². The molecule has 5 heteroatoms. The molecule has 0 saturated heterocycles. The summed E-state index contributed by atoms with van der Waals surface area (Å²) in [4.78, 5) is 0. The Bertz CT molecular complexity index is 148. The monoisotopic (exact) mass is 153 g/mol. The Hall–Kier alpha value is -0.130. The quantitative estimate of drug-likeness (QED) is 0.413. The van der Waals surface area contributed by atoms with Crippen molar-refractivity contribution < 1.29 is 17.3 Å². The first-order valence-electron chi connectivity index (χ1n) is 2.27. The molecule has 0 heterocycles. The molecular weight excluding hydrogens is 144 g/mol. The highest BCUT2D eigenvalue weighted by molar-refractivity contribution is 7.85. The van der Waals surface area contributed by atoms with Gasteiger partial charge in [-0.05, 0) is 0 Å². The average molecular weight is 153 g/mol. The third-order valence-corrected chi connectivity index (χ3v) is 1.12. The van der Waals surface area contributed by atoms with Gasteiger partial charge in [-0.1, -0.05) is 0 Å². The molecule has 0 aromatic heterocycles. The van der Waals surface area contributed by atoms with Crippen LogP contribution in [0.2, 0.25) is 0 Å². The first-order valence-corrected chi connectivity index (χ1v) is 4.09. The second-order valence-electron chi connectivity index (χ2n) is 1.43. The normalized spacial score (nSPS) is 11.8. The smallest absolute Gasteiger partial charge is 0.264 e. The Kier molecular flexibility index (Phi) is 3.76. The first-order chi connectivity index (χ1) is 4.06. The Morgan fingerprint density at radius 1 is 1.44 bits per heavy atom. The van der Waals surface area contributed by atoms with Gasteiger partial charge in [-0.3, -0.25) is 4.18 Å². The van der Waals surface area contributed by atoms with Crippen LogP contribution in [0.1, 0.15) is 0 Å². The summed E-state index contributed by atoms with van der Waals surface area (Å²) >= 11 is 0. The Morgan fingerprint density at radius 2 is 2.00 bits per heavy atom. The van der Waals surface area contributed by atoms with Crippen LogP contribution >= 0.6 is 0 Å². The summed E-state index contributed by atoms with van der Waals surface area (Å²) in [5, 5.41) is 0. The molecule has 0 unspecified atom stereocenters. The molecule has 0 aromatic rings. The molecule has 0 aliphatic heterocycles. The molecule has 0 bridgehead atoms. The predicted octanol–water partition coefficient (Wildman–Crippen LogP) is -0.229. The van der Waals surface area contributed by atoms with Crippen molar-refractivity contribution in [2.75, 3.05) is 19.5 Å². The molecule has 0 rings (SSSR count). The summed E-state index contributed by atoms with van der Waals surface area (Å²) in [5.74, 6) is 0. The van der Waals surface area contributed by atoms with Gasteiger partial charge in [0, 0.05) is 0 Å². The SMILES string of the molecule is [CH2]OCCOS(C)(=O)=O. The summed E-state index contributed by atoms with van der Waals surface area (Å²) in [6.45, 7) is 0.218. The third kappa shape index (κ3) is 7.87. The van der Waals surface area contributed by atoms with Crippen molar-refractivity contribution in [3.63, 3.8) is 0 Å². The maximum absolute atomic E-state index is 10.2. The highest BCUT2D eigenvalue weighted by atomic mass is 32.2. The average Bonchev–Trinajstić information content (AvgIpc) is 1.63. The Balaban J connectivity index is 3.30. The van der Waals surface area contributed by atoms with Crippen molar-refractivity contribution in [1.82, 2.24) is 0 Å². The molecule has 0 fully saturated rings. The van der Waals surface area contributed by atoms with Crippen LogP contribution in [-0.2, 0) is 19.0 Å². The molecule has 9 heavy (non-hydrogen) atoms. The Morgan fingerprint density at radius 3 is 2.33 bits per heavy atom. The topological polar surface area (TPSA) is 52.6 Å². The fourth-order valence-corrected chi connectivity index (χ4v) is 0.615. The maximum atomic E-state index is 10.2. The highest BCUT2D eigenvalue weighted by Gasteiger charge is 1.98. The lowest BCUT2D eigenvalue weighted by molar-refractivity contribution is 0.178. The second-order valence-corrected chi connectivity index (χ2v) is 3.08. The predicted molar refractivity (Wildman–Crippen MR) is 32.1 cm³/mol. The molecule has 4 nitrogen and oxygen atoms in total. The van der Waals surface area contributed by atoms with Crippen LogP contribution in [-0.4, -0.2) is 27.9 Å². The maximum Gasteiger partial charge on any atom is 0.264 e.